The van der Waals surface area contributed by atoms with Crippen molar-refractivity contribution in [2.75, 3.05) is 11.5 Å². The van der Waals surface area contributed by atoms with Crippen LogP contribution in [0.5, 0.6) is 0 Å². The molecule has 0 aliphatic heterocycles. The molecule has 0 saturated heterocycles. The summed E-state index contributed by atoms with van der Waals surface area (Å²) < 4.78 is 54.7. The zero-order valence-corrected chi connectivity index (χ0v) is 44.8. The lowest BCUT2D eigenvalue weighted by Gasteiger charge is -2.44. The summed E-state index contributed by atoms with van der Waals surface area (Å²) in [5.41, 5.74) is 4.71. The Morgan fingerprint density at radius 1 is 0.667 bits per heavy atom. The van der Waals surface area contributed by atoms with E-state index in [9.17, 15) is 21.9 Å². The van der Waals surface area contributed by atoms with Gasteiger partial charge in [0.25, 0.3) is 0 Å². The number of benzene rings is 2. The largest absolute Gasteiger partial charge is 0.390 e. The van der Waals surface area contributed by atoms with Crippen LogP contribution in [0.15, 0.2) is 80.5 Å². The predicted octanol–water partition coefficient (Wildman–Crippen LogP) is 14.9. The molecule has 66 heavy (non-hydrogen) atoms. The summed E-state index contributed by atoms with van der Waals surface area (Å²) in [7, 11) is -6.81. The molecule has 0 radical (unpaired) electrons. The van der Waals surface area contributed by atoms with E-state index in [0.29, 0.717) is 34.5 Å². The normalized spacial score (nSPS) is 28.3. The molecule has 364 valence electrons. The second kappa shape index (κ2) is 20.5. The van der Waals surface area contributed by atoms with Crippen molar-refractivity contribution in [1.82, 2.24) is 9.97 Å². The summed E-state index contributed by atoms with van der Waals surface area (Å²) in [6, 6.07) is 15.3. The first-order chi connectivity index (χ1) is 31.0. The summed E-state index contributed by atoms with van der Waals surface area (Å²) in [6.45, 7) is 20.6. The average molecular weight is 978 g/mol. The van der Waals surface area contributed by atoms with E-state index in [4.69, 9.17) is 0 Å². The van der Waals surface area contributed by atoms with Gasteiger partial charge in [0.05, 0.1) is 37.5 Å². The van der Waals surface area contributed by atoms with Crippen LogP contribution in [0.25, 0.3) is 20.4 Å². The topological polar surface area (TPSA) is 114 Å². The van der Waals surface area contributed by atoms with E-state index in [-0.39, 0.29) is 25.6 Å². The maximum atomic E-state index is 13.1. The van der Waals surface area contributed by atoms with Crippen LogP contribution in [-0.2, 0) is 19.7 Å². The summed E-state index contributed by atoms with van der Waals surface area (Å²) in [5.74, 6) is 3.99. The van der Waals surface area contributed by atoms with Crippen molar-refractivity contribution >= 4 is 62.8 Å². The first kappa shape index (κ1) is 51.4. The quantitative estimate of drug-likeness (QED) is 0.118. The van der Waals surface area contributed by atoms with Gasteiger partial charge in [-0.15, -0.1) is 22.7 Å². The highest BCUT2D eigenvalue weighted by molar-refractivity contribution is 7.94. The third-order valence-electron chi connectivity index (χ3n) is 16.7. The van der Waals surface area contributed by atoms with Crippen molar-refractivity contribution in [3.8, 4) is 0 Å². The highest BCUT2D eigenvalue weighted by atomic mass is 32.2. The number of sulfone groups is 2. The summed E-state index contributed by atoms with van der Waals surface area (Å²) in [5, 5.41) is 10.1. The fourth-order valence-corrected chi connectivity index (χ4v) is 18.3. The number of fused-ring (bicyclic) bond motifs is 4. The molecule has 0 amide bonds. The van der Waals surface area contributed by atoms with Crippen molar-refractivity contribution in [2.24, 2.45) is 51.8 Å². The Balaban J connectivity index is 0.000000196. The standard InChI is InChI=1S/C28H41NO2S2.C27H39NO3S2/c1-20(10-8-17-27(2,3)4)22-14-15-23-21(11-9-18-28(22,23)5)16-19-33(30,31)26-29-24-12-6-7-13-25(24)32-26;1-19(9-7-16-26(2,3)29)21-13-14-22-20(10-8-17-27(21,22)4)15-18-33(30,31)25-28-23-11-5-6-12-24(23)32-25/h6-7,12-13,16,20,22-23H,8-11,14-15,17-19H2,1-5H3;5-6,11-12,15,19,21-22,29H,7-10,13-14,16-18H2,1-4H3/b21-16+;20-15+/t20-,22-,23+,28-;19-,21-,22+,27-/m11/s1. The van der Waals surface area contributed by atoms with E-state index < -0.39 is 25.3 Å². The Kier molecular flexibility index (Phi) is 16.0. The van der Waals surface area contributed by atoms with E-state index in [2.05, 4.69) is 64.5 Å². The van der Waals surface area contributed by atoms with Crippen molar-refractivity contribution in [1.29, 1.82) is 0 Å². The van der Waals surface area contributed by atoms with Crippen molar-refractivity contribution in [2.45, 2.75) is 179 Å². The van der Waals surface area contributed by atoms with Crippen molar-refractivity contribution < 1.29 is 21.9 Å². The van der Waals surface area contributed by atoms with Crippen LogP contribution < -0.4 is 0 Å². The number of allylic oxidation sites excluding steroid dienone is 2. The van der Waals surface area contributed by atoms with Crippen LogP contribution in [0, 0.1) is 51.8 Å². The van der Waals surface area contributed by atoms with Crippen LogP contribution in [0.4, 0.5) is 0 Å². The minimum absolute atomic E-state index is 0.0561. The molecule has 4 aliphatic rings. The highest BCUT2D eigenvalue weighted by Crippen LogP contribution is 2.61. The van der Waals surface area contributed by atoms with E-state index in [1.54, 1.807) is 0 Å². The monoisotopic (exact) mass is 976 g/mol. The second-order valence-electron chi connectivity index (χ2n) is 23.3. The molecule has 4 saturated carbocycles. The van der Waals surface area contributed by atoms with Crippen LogP contribution in [-0.4, -0.2) is 49.0 Å². The van der Waals surface area contributed by atoms with Gasteiger partial charge in [-0.05, 0) is 167 Å². The molecule has 4 aromatic rings. The Bertz CT molecular complexity index is 2330. The predicted molar refractivity (Wildman–Crippen MR) is 278 cm³/mol. The van der Waals surface area contributed by atoms with Crippen LogP contribution in [0.3, 0.4) is 0 Å². The van der Waals surface area contributed by atoms with Crippen LogP contribution in [0.2, 0.25) is 0 Å². The van der Waals surface area contributed by atoms with E-state index in [0.717, 1.165) is 70.8 Å². The average Bonchev–Trinajstić information content (AvgIpc) is 4.04. The Labute approximate surface area is 406 Å². The molecular weight excluding hydrogens is 897 g/mol. The molecule has 2 aromatic carbocycles. The zero-order chi connectivity index (χ0) is 47.7. The summed E-state index contributed by atoms with van der Waals surface area (Å²) in [6.07, 6.45) is 22.9. The van der Waals surface area contributed by atoms with E-state index in [1.807, 2.05) is 68.5 Å². The number of hydrogen-bond donors (Lipinski definition) is 1. The molecule has 1 N–H and O–H groups in total. The maximum absolute atomic E-state index is 13.1. The van der Waals surface area contributed by atoms with Gasteiger partial charge in [-0.3, -0.25) is 0 Å². The molecule has 2 aromatic heterocycles. The number of hydrogen-bond acceptors (Lipinski definition) is 9. The fourth-order valence-electron chi connectivity index (χ4n) is 13.3. The Morgan fingerprint density at radius 2 is 1.08 bits per heavy atom. The number of nitrogens with zero attached hydrogens (tertiary/aromatic N) is 2. The first-order valence-electron chi connectivity index (χ1n) is 25.3. The van der Waals surface area contributed by atoms with E-state index in [1.165, 1.54) is 98.0 Å². The van der Waals surface area contributed by atoms with Gasteiger partial charge in [0.2, 0.25) is 28.4 Å². The van der Waals surface area contributed by atoms with Crippen LogP contribution >= 0.6 is 22.7 Å². The van der Waals surface area contributed by atoms with Crippen LogP contribution in [0.1, 0.15) is 165 Å². The third-order valence-corrected chi connectivity index (χ3v) is 22.8. The molecule has 8 rings (SSSR count). The van der Waals surface area contributed by atoms with Gasteiger partial charge in [-0.25, -0.2) is 26.8 Å². The number of aromatic nitrogens is 2. The second-order valence-corrected chi connectivity index (χ2v) is 29.8. The molecule has 7 nitrogen and oxygen atoms in total. The van der Waals surface area contributed by atoms with Gasteiger partial charge >= 0.3 is 0 Å². The number of rotatable bonds is 15. The Hall–Kier alpha value is -2.44. The SMILES string of the molecule is C[C@H](CCCC(C)(C)C)[C@H]1CC[C@H]2/C(=C/CS(=O)(=O)c3nc4ccccc4s3)CCC[C@]12C.C[C@H](CCCC(C)(C)O)[C@H]1CC[C@H]2/C(=C/CS(=O)(=O)c3nc4ccccc4s3)CCC[C@]12C. The lowest BCUT2D eigenvalue weighted by molar-refractivity contribution is 0.0596. The molecule has 8 atom stereocenters. The smallest absolute Gasteiger partial charge is 0.210 e. The van der Waals surface area contributed by atoms with Gasteiger partial charge in [0.15, 0.2) is 0 Å². The highest BCUT2D eigenvalue weighted by Gasteiger charge is 2.52. The van der Waals surface area contributed by atoms with Gasteiger partial charge < -0.3 is 5.11 Å². The molecule has 4 aliphatic carbocycles. The first-order valence-corrected chi connectivity index (χ1v) is 30.2. The van der Waals surface area contributed by atoms with Crippen molar-refractivity contribution in [3.05, 3.63) is 71.8 Å². The molecular formula is C55H80N2O5S4. The zero-order valence-electron chi connectivity index (χ0n) is 41.6. The summed E-state index contributed by atoms with van der Waals surface area (Å²) in [4.78, 5) is 8.80. The minimum Gasteiger partial charge on any atom is -0.390 e. The van der Waals surface area contributed by atoms with Gasteiger partial charge in [-0.2, -0.15) is 0 Å². The molecule has 0 unspecified atom stereocenters. The number of para-hydroxylation sites is 2. The molecule has 4 fully saturated rings. The maximum Gasteiger partial charge on any atom is 0.210 e. The van der Waals surface area contributed by atoms with Crippen molar-refractivity contribution in [3.63, 3.8) is 0 Å². The molecule has 2 heterocycles. The lowest BCUT2D eigenvalue weighted by Crippen LogP contribution is -2.36. The molecule has 0 spiro atoms. The number of thiazole rings is 2. The lowest BCUT2D eigenvalue weighted by atomic mass is 9.60. The fraction of sp³-hybridized carbons (Fsp3) is 0.673. The molecule has 11 heteroatoms. The minimum atomic E-state index is -3.42. The number of aliphatic hydroxyl groups is 1. The van der Waals surface area contributed by atoms with Gasteiger partial charge in [0.1, 0.15) is 0 Å². The van der Waals surface area contributed by atoms with Gasteiger partial charge in [0, 0.05) is 0 Å². The molecule has 0 bridgehead atoms. The Morgan fingerprint density at radius 3 is 1.47 bits per heavy atom. The van der Waals surface area contributed by atoms with Gasteiger partial charge in [-0.1, -0.05) is 122 Å². The third kappa shape index (κ3) is 11.9. The van der Waals surface area contributed by atoms with E-state index >= 15 is 0 Å². The summed E-state index contributed by atoms with van der Waals surface area (Å²) >= 11 is 2.57.